The van der Waals surface area contributed by atoms with Crippen LogP contribution in [0.5, 0.6) is 0 Å². The predicted octanol–water partition coefficient (Wildman–Crippen LogP) is 5.13. The van der Waals surface area contributed by atoms with E-state index in [1.54, 1.807) is 11.3 Å². The maximum absolute atomic E-state index is 5.92. The summed E-state index contributed by atoms with van der Waals surface area (Å²) in [6, 6.07) is 14.3. The van der Waals surface area contributed by atoms with Crippen LogP contribution in [-0.4, -0.2) is 4.98 Å². The van der Waals surface area contributed by atoms with E-state index in [1.165, 1.54) is 5.56 Å². The van der Waals surface area contributed by atoms with E-state index in [9.17, 15) is 0 Å². The van der Waals surface area contributed by atoms with Gasteiger partial charge in [0.2, 0.25) is 0 Å². The van der Waals surface area contributed by atoms with Gasteiger partial charge in [0.15, 0.2) is 0 Å². The third-order valence-corrected chi connectivity index (χ3v) is 4.71. The fourth-order valence-corrected chi connectivity index (χ4v) is 3.02. The van der Waals surface area contributed by atoms with Gasteiger partial charge in [-0.1, -0.05) is 35.9 Å². The van der Waals surface area contributed by atoms with Crippen LogP contribution >= 0.6 is 27.3 Å². The molecule has 20 heavy (non-hydrogen) atoms. The highest BCUT2D eigenvalue weighted by Gasteiger charge is 2.07. The second-order valence-electron chi connectivity index (χ2n) is 4.64. The van der Waals surface area contributed by atoms with Gasteiger partial charge in [0.25, 0.3) is 0 Å². The average Bonchev–Trinajstić information content (AvgIpc) is 2.92. The fourth-order valence-electron chi connectivity index (χ4n) is 1.94. The Morgan fingerprint density at radius 3 is 2.45 bits per heavy atom. The molecule has 0 saturated heterocycles. The summed E-state index contributed by atoms with van der Waals surface area (Å²) in [7, 11) is 0. The monoisotopic (exact) mass is 344 g/mol. The van der Waals surface area contributed by atoms with Crippen LogP contribution < -0.4 is 5.73 Å². The van der Waals surface area contributed by atoms with Crippen molar-refractivity contribution in [3.05, 3.63) is 57.9 Å². The number of hydrogen-bond acceptors (Lipinski definition) is 3. The van der Waals surface area contributed by atoms with Gasteiger partial charge < -0.3 is 5.73 Å². The lowest BCUT2D eigenvalue weighted by atomic mass is 10.1. The van der Waals surface area contributed by atoms with Crippen molar-refractivity contribution in [3.8, 4) is 21.8 Å². The van der Waals surface area contributed by atoms with Crippen LogP contribution in [0.3, 0.4) is 0 Å². The molecule has 0 aliphatic heterocycles. The molecule has 1 heterocycles. The third-order valence-electron chi connectivity index (χ3n) is 3.09. The summed E-state index contributed by atoms with van der Waals surface area (Å²) in [5.74, 6) is 0. The Morgan fingerprint density at radius 1 is 1.05 bits per heavy atom. The van der Waals surface area contributed by atoms with Crippen molar-refractivity contribution in [1.82, 2.24) is 4.98 Å². The molecule has 1 aromatic heterocycles. The van der Waals surface area contributed by atoms with E-state index < -0.39 is 0 Å². The number of anilines is 1. The van der Waals surface area contributed by atoms with Gasteiger partial charge in [0, 0.05) is 26.7 Å². The molecule has 0 aliphatic carbocycles. The van der Waals surface area contributed by atoms with Crippen LogP contribution in [0.2, 0.25) is 0 Å². The van der Waals surface area contributed by atoms with Gasteiger partial charge in [-0.2, -0.15) is 0 Å². The Bertz CT molecular complexity index is 747. The van der Waals surface area contributed by atoms with Gasteiger partial charge in [-0.25, -0.2) is 4.98 Å². The van der Waals surface area contributed by atoms with Crippen molar-refractivity contribution in [2.24, 2.45) is 0 Å². The van der Waals surface area contributed by atoms with Gasteiger partial charge in [0.05, 0.1) is 5.69 Å². The molecule has 0 bridgehead atoms. The van der Waals surface area contributed by atoms with Crippen molar-refractivity contribution >= 4 is 33.0 Å². The standard InChI is InChI=1S/C16H13BrN2S/c1-10-2-4-11(5-3-10)16-19-15(9-20-16)12-6-7-13(17)14(18)8-12/h2-9H,18H2,1H3. The maximum atomic E-state index is 5.92. The zero-order valence-corrected chi connectivity index (χ0v) is 13.3. The van der Waals surface area contributed by atoms with Crippen LogP contribution in [-0.2, 0) is 0 Å². The smallest absolute Gasteiger partial charge is 0.124 e. The molecule has 0 saturated carbocycles. The molecule has 0 unspecified atom stereocenters. The number of nitrogen functional groups attached to an aromatic ring is 1. The quantitative estimate of drug-likeness (QED) is 0.654. The zero-order chi connectivity index (χ0) is 14.1. The van der Waals surface area contributed by atoms with Gasteiger partial charge >= 0.3 is 0 Å². The highest BCUT2D eigenvalue weighted by atomic mass is 79.9. The number of benzene rings is 2. The Hall–Kier alpha value is -1.65. The summed E-state index contributed by atoms with van der Waals surface area (Å²) in [5, 5.41) is 3.10. The second kappa shape index (κ2) is 5.38. The van der Waals surface area contributed by atoms with Crippen LogP contribution in [0.15, 0.2) is 52.3 Å². The summed E-state index contributed by atoms with van der Waals surface area (Å²) in [5.41, 5.74) is 11.1. The SMILES string of the molecule is Cc1ccc(-c2nc(-c3ccc(Br)c(N)c3)cs2)cc1. The van der Waals surface area contributed by atoms with Crippen molar-refractivity contribution in [2.75, 3.05) is 5.73 Å². The first-order chi connectivity index (χ1) is 9.63. The average molecular weight is 345 g/mol. The molecule has 3 aromatic rings. The van der Waals surface area contributed by atoms with E-state index in [1.807, 2.05) is 18.2 Å². The summed E-state index contributed by atoms with van der Waals surface area (Å²) < 4.78 is 0.912. The number of halogens is 1. The van der Waals surface area contributed by atoms with Gasteiger partial charge in [-0.3, -0.25) is 0 Å². The molecular formula is C16H13BrN2S. The molecule has 0 aliphatic rings. The zero-order valence-electron chi connectivity index (χ0n) is 10.9. The molecule has 0 fully saturated rings. The van der Waals surface area contributed by atoms with E-state index in [4.69, 9.17) is 10.7 Å². The second-order valence-corrected chi connectivity index (χ2v) is 6.35. The molecule has 2 nitrogen and oxygen atoms in total. The number of aryl methyl sites for hydroxylation is 1. The molecule has 2 aromatic carbocycles. The molecule has 100 valence electrons. The Balaban J connectivity index is 1.97. The van der Waals surface area contributed by atoms with Crippen molar-refractivity contribution in [1.29, 1.82) is 0 Å². The van der Waals surface area contributed by atoms with Crippen molar-refractivity contribution in [3.63, 3.8) is 0 Å². The molecule has 2 N–H and O–H groups in total. The first kappa shape index (κ1) is 13.3. The van der Waals surface area contributed by atoms with E-state index in [0.717, 1.165) is 32.0 Å². The molecule has 0 amide bonds. The van der Waals surface area contributed by atoms with Crippen molar-refractivity contribution < 1.29 is 0 Å². The Morgan fingerprint density at radius 2 is 1.75 bits per heavy atom. The normalized spacial score (nSPS) is 10.7. The molecular weight excluding hydrogens is 332 g/mol. The molecule has 0 atom stereocenters. The number of thiazole rings is 1. The maximum Gasteiger partial charge on any atom is 0.124 e. The number of rotatable bonds is 2. The molecule has 0 spiro atoms. The summed E-state index contributed by atoms with van der Waals surface area (Å²) in [6.07, 6.45) is 0. The van der Waals surface area contributed by atoms with E-state index >= 15 is 0 Å². The summed E-state index contributed by atoms with van der Waals surface area (Å²) in [6.45, 7) is 2.08. The minimum absolute atomic E-state index is 0.729. The molecule has 0 radical (unpaired) electrons. The summed E-state index contributed by atoms with van der Waals surface area (Å²) >= 11 is 5.06. The summed E-state index contributed by atoms with van der Waals surface area (Å²) in [4.78, 5) is 4.70. The minimum Gasteiger partial charge on any atom is -0.398 e. The lowest BCUT2D eigenvalue weighted by Crippen LogP contribution is -1.87. The van der Waals surface area contributed by atoms with Gasteiger partial charge in [-0.05, 0) is 35.0 Å². The van der Waals surface area contributed by atoms with Gasteiger partial charge in [-0.15, -0.1) is 11.3 Å². The number of nitrogens with zero attached hydrogens (tertiary/aromatic N) is 1. The van der Waals surface area contributed by atoms with Gasteiger partial charge in [0.1, 0.15) is 5.01 Å². The van der Waals surface area contributed by atoms with Crippen molar-refractivity contribution in [2.45, 2.75) is 6.92 Å². The van der Waals surface area contributed by atoms with Crippen LogP contribution in [0, 0.1) is 6.92 Å². The Labute approximate surface area is 130 Å². The highest BCUT2D eigenvalue weighted by Crippen LogP contribution is 2.31. The molecule has 3 rings (SSSR count). The number of aromatic nitrogens is 1. The fraction of sp³-hybridized carbons (Fsp3) is 0.0625. The Kier molecular flexibility index (Phi) is 3.59. The number of nitrogens with two attached hydrogens (primary N) is 1. The van der Waals surface area contributed by atoms with Crippen LogP contribution in [0.1, 0.15) is 5.56 Å². The minimum atomic E-state index is 0.729. The lowest BCUT2D eigenvalue weighted by Gasteiger charge is -2.01. The van der Waals surface area contributed by atoms with E-state index in [2.05, 4.69) is 52.5 Å². The van der Waals surface area contributed by atoms with E-state index in [0.29, 0.717) is 0 Å². The molecule has 4 heteroatoms. The largest absolute Gasteiger partial charge is 0.398 e. The van der Waals surface area contributed by atoms with Crippen LogP contribution in [0.4, 0.5) is 5.69 Å². The first-order valence-electron chi connectivity index (χ1n) is 6.21. The van der Waals surface area contributed by atoms with E-state index in [-0.39, 0.29) is 0 Å². The topological polar surface area (TPSA) is 38.9 Å². The predicted molar refractivity (Wildman–Crippen MR) is 89.8 cm³/mol. The number of hydrogen-bond donors (Lipinski definition) is 1. The highest BCUT2D eigenvalue weighted by molar-refractivity contribution is 9.10. The first-order valence-corrected chi connectivity index (χ1v) is 7.89. The van der Waals surface area contributed by atoms with Crippen LogP contribution in [0.25, 0.3) is 21.8 Å². The lowest BCUT2D eigenvalue weighted by molar-refractivity contribution is 1.39. The third kappa shape index (κ3) is 2.62.